The summed E-state index contributed by atoms with van der Waals surface area (Å²) in [7, 11) is 0. The average Bonchev–Trinajstić information content (AvgIpc) is 2.72. The summed E-state index contributed by atoms with van der Waals surface area (Å²) >= 11 is 0. The molecule has 3 rings (SSSR count). The zero-order chi connectivity index (χ0) is 20.1. The van der Waals surface area contributed by atoms with Crippen molar-refractivity contribution in [3.05, 3.63) is 95.6 Å². The molecule has 0 unspecified atom stereocenters. The van der Waals surface area contributed by atoms with Gasteiger partial charge in [-0.3, -0.25) is 4.79 Å². The molecule has 0 spiro atoms. The van der Waals surface area contributed by atoms with E-state index in [0.29, 0.717) is 5.56 Å². The van der Waals surface area contributed by atoms with Crippen LogP contribution in [-0.2, 0) is 6.18 Å². The summed E-state index contributed by atoms with van der Waals surface area (Å²) in [4.78, 5) is 12.7. The van der Waals surface area contributed by atoms with Crippen LogP contribution in [-0.4, -0.2) is 12.5 Å². The number of amides is 1. The van der Waals surface area contributed by atoms with Gasteiger partial charge in [0.1, 0.15) is 0 Å². The van der Waals surface area contributed by atoms with E-state index in [2.05, 4.69) is 5.32 Å². The summed E-state index contributed by atoms with van der Waals surface area (Å²) in [5.74, 6) is -0.398. The largest absolute Gasteiger partial charge is 0.417 e. The molecule has 0 aliphatic heterocycles. The molecule has 0 aromatic heterocycles. The molecule has 3 nitrogen and oxygen atoms in total. The maximum Gasteiger partial charge on any atom is 0.417 e. The van der Waals surface area contributed by atoms with Gasteiger partial charge in [0.05, 0.1) is 11.6 Å². The van der Waals surface area contributed by atoms with E-state index in [-0.39, 0.29) is 23.7 Å². The summed E-state index contributed by atoms with van der Waals surface area (Å²) < 4.78 is 39.9. The molecule has 0 heterocycles. The molecule has 144 valence electrons. The first-order valence-corrected chi connectivity index (χ1v) is 8.72. The van der Waals surface area contributed by atoms with Gasteiger partial charge < -0.3 is 11.1 Å². The highest BCUT2D eigenvalue weighted by molar-refractivity contribution is 5.95. The predicted molar refractivity (Wildman–Crippen MR) is 103 cm³/mol. The Morgan fingerprint density at radius 1 is 0.929 bits per heavy atom. The van der Waals surface area contributed by atoms with E-state index in [9.17, 15) is 18.0 Å². The van der Waals surface area contributed by atoms with Crippen molar-refractivity contribution in [3.63, 3.8) is 0 Å². The SMILES string of the molecule is NC[C@H](NC(=O)c1cccc(-c2ccccc2C(F)(F)F)c1)c1ccccc1. The third kappa shape index (κ3) is 4.40. The molecule has 28 heavy (non-hydrogen) atoms. The highest BCUT2D eigenvalue weighted by Crippen LogP contribution is 2.37. The van der Waals surface area contributed by atoms with Gasteiger partial charge in [-0.05, 0) is 34.9 Å². The number of hydrogen-bond donors (Lipinski definition) is 2. The molecular weight excluding hydrogens is 365 g/mol. The van der Waals surface area contributed by atoms with Crippen molar-refractivity contribution in [1.29, 1.82) is 0 Å². The Bertz CT molecular complexity index is 955. The average molecular weight is 384 g/mol. The Morgan fingerprint density at radius 3 is 2.29 bits per heavy atom. The first-order valence-electron chi connectivity index (χ1n) is 8.72. The van der Waals surface area contributed by atoms with Crippen LogP contribution in [0.3, 0.4) is 0 Å². The van der Waals surface area contributed by atoms with Gasteiger partial charge in [-0.2, -0.15) is 13.2 Å². The third-order valence-electron chi connectivity index (χ3n) is 4.41. The van der Waals surface area contributed by atoms with Crippen molar-refractivity contribution in [2.24, 2.45) is 5.73 Å². The van der Waals surface area contributed by atoms with E-state index in [1.165, 1.54) is 24.3 Å². The highest BCUT2D eigenvalue weighted by atomic mass is 19.4. The summed E-state index contributed by atoms with van der Waals surface area (Å²) in [6, 6.07) is 20.3. The number of carbonyl (C=O) groups excluding carboxylic acids is 1. The highest BCUT2D eigenvalue weighted by Gasteiger charge is 2.33. The van der Waals surface area contributed by atoms with Gasteiger partial charge in [-0.1, -0.05) is 60.7 Å². The second-order valence-electron chi connectivity index (χ2n) is 6.30. The number of alkyl halides is 3. The lowest BCUT2D eigenvalue weighted by Crippen LogP contribution is -2.33. The van der Waals surface area contributed by atoms with Crippen molar-refractivity contribution in [1.82, 2.24) is 5.32 Å². The topological polar surface area (TPSA) is 55.1 Å². The van der Waals surface area contributed by atoms with Crippen molar-refractivity contribution in [3.8, 4) is 11.1 Å². The Labute approximate surface area is 161 Å². The lowest BCUT2D eigenvalue weighted by molar-refractivity contribution is -0.137. The van der Waals surface area contributed by atoms with E-state index in [4.69, 9.17) is 5.73 Å². The number of nitrogens with one attached hydrogen (secondary N) is 1. The van der Waals surface area contributed by atoms with Crippen LogP contribution >= 0.6 is 0 Å². The fourth-order valence-corrected chi connectivity index (χ4v) is 3.02. The standard InChI is InChI=1S/C22H19F3N2O/c23-22(24,25)19-12-5-4-11-18(19)16-9-6-10-17(13-16)21(28)27-20(14-26)15-7-2-1-3-8-15/h1-13,20H,14,26H2,(H,27,28)/t20-/m0/s1. The minimum Gasteiger partial charge on any atom is -0.344 e. The maximum atomic E-state index is 13.3. The Morgan fingerprint density at radius 2 is 1.61 bits per heavy atom. The molecule has 3 aromatic carbocycles. The van der Waals surface area contributed by atoms with Crippen LogP contribution in [0.4, 0.5) is 13.2 Å². The number of hydrogen-bond acceptors (Lipinski definition) is 2. The number of halogens is 3. The molecule has 0 fully saturated rings. The van der Waals surface area contributed by atoms with Gasteiger partial charge >= 0.3 is 6.18 Å². The first kappa shape index (κ1) is 19.6. The normalized spacial score (nSPS) is 12.4. The lowest BCUT2D eigenvalue weighted by atomic mass is 9.97. The molecule has 0 saturated carbocycles. The van der Waals surface area contributed by atoms with Crippen molar-refractivity contribution < 1.29 is 18.0 Å². The minimum absolute atomic E-state index is 0.0306. The quantitative estimate of drug-likeness (QED) is 0.664. The monoisotopic (exact) mass is 384 g/mol. The maximum absolute atomic E-state index is 13.3. The zero-order valence-electron chi connectivity index (χ0n) is 14.9. The van der Waals surface area contributed by atoms with E-state index in [0.717, 1.165) is 11.6 Å². The Balaban J connectivity index is 1.89. The summed E-state index contributed by atoms with van der Waals surface area (Å²) in [5, 5.41) is 2.84. The second kappa shape index (κ2) is 8.27. The minimum atomic E-state index is -4.48. The van der Waals surface area contributed by atoms with Gasteiger partial charge in [0.2, 0.25) is 0 Å². The number of benzene rings is 3. The van der Waals surface area contributed by atoms with Crippen molar-refractivity contribution in [2.75, 3.05) is 6.54 Å². The number of rotatable bonds is 5. The molecule has 0 radical (unpaired) electrons. The molecule has 0 aliphatic carbocycles. The lowest BCUT2D eigenvalue weighted by Gasteiger charge is -2.18. The first-order chi connectivity index (χ1) is 13.4. The van der Waals surface area contributed by atoms with Crippen LogP contribution in [0.1, 0.15) is 27.5 Å². The van der Waals surface area contributed by atoms with Gasteiger partial charge in [-0.15, -0.1) is 0 Å². The molecule has 1 amide bonds. The van der Waals surface area contributed by atoms with Crippen LogP contribution in [0.15, 0.2) is 78.9 Å². The van der Waals surface area contributed by atoms with Gasteiger partial charge in [0.25, 0.3) is 5.91 Å². The molecule has 0 saturated heterocycles. The Kier molecular flexibility index (Phi) is 5.80. The number of nitrogens with two attached hydrogens (primary N) is 1. The summed E-state index contributed by atoms with van der Waals surface area (Å²) in [6.45, 7) is 0.201. The van der Waals surface area contributed by atoms with Crippen LogP contribution in [0.2, 0.25) is 0 Å². The van der Waals surface area contributed by atoms with E-state index in [1.807, 2.05) is 30.3 Å². The van der Waals surface area contributed by atoms with Gasteiger partial charge in [0, 0.05) is 12.1 Å². The van der Waals surface area contributed by atoms with Gasteiger partial charge in [-0.25, -0.2) is 0 Å². The molecular formula is C22H19F3N2O. The second-order valence-corrected chi connectivity index (χ2v) is 6.30. The molecule has 0 bridgehead atoms. The zero-order valence-corrected chi connectivity index (χ0v) is 14.9. The third-order valence-corrected chi connectivity index (χ3v) is 4.41. The summed E-state index contributed by atoms with van der Waals surface area (Å²) in [5.41, 5.74) is 6.52. The fourth-order valence-electron chi connectivity index (χ4n) is 3.02. The van der Waals surface area contributed by atoms with Crippen LogP contribution in [0.5, 0.6) is 0 Å². The molecule has 6 heteroatoms. The van der Waals surface area contributed by atoms with Crippen LogP contribution in [0, 0.1) is 0 Å². The van der Waals surface area contributed by atoms with Crippen molar-refractivity contribution >= 4 is 5.91 Å². The predicted octanol–water partition coefficient (Wildman–Crippen LogP) is 4.80. The molecule has 0 aliphatic rings. The van der Waals surface area contributed by atoms with Crippen LogP contribution in [0.25, 0.3) is 11.1 Å². The van der Waals surface area contributed by atoms with E-state index < -0.39 is 17.6 Å². The van der Waals surface area contributed by atoms with Crippen LogP contribution < -0.4 is 11.1 Å². The van der Waals surface area contributed by atoms with E-state index >= 15 is 0 Å². The number of carbonyl (C=O) groups is 1. The fraction of sp³-hybridized carbons (Fsp3) is 0.136. The van der Waals surface area contributed by atoms with Crippen molar-refractivity contribution in [2.45, 2.75) is 12.2 Å². The smallest absolute Gasteiger partial charge is 0.344 e. The summed E-state index contributed by atoms with van der Waals surface area (Å²) in [6.07, 6.45) is -4.48. The van der Waals surface area contributed by atoms with E-state index in [1.54, 1.807) is 18.2 Å². The Hall–Kier alpha value is -3.12. The molecule has 1 atom stereocenters. The molecule has 3 aromatic rings. The molecule has 3 N–H and O–H groups in total. The van der Waals surface area contributed by atoms with Gasteiger partial charge in [0.15, 0.2) is 0 Å².